The van der Waals surface area contributed by atoms with Gasteiger partial charge in [-0.25, -0.2) is 4.98 Å². The molecule has 2 rings (SSSR count). The second kappa shape index (κ2) is 6.19. The van der Waals surface area contributed by atoms with Crippen molar-refractivity contribution in [3.05, 3.63) is 18.2 Å². The van der Waals surface area contributed by atoms with Crippen LogP contribution in [0.5, 0.6) is 0 Å². The number of aromatic nitrogens is 2. The highest BCUT2D eigenvalue weighted by atomic mass is 16.2. The Bertz CT molecular complexity index is 421. The highest BCUT2D eigenvalue weighted by Gasteiger charge is 2.37. The van der Waals surface area contributed by atoms with Crippen LogP contribution in [0, 0.1) is 5.41 Å². The summed E-state index contributed by atoms with van der Waals surface area (Å²) in [6.45, 7) is 4.59. The van der Waals surface area contributed by atoms with Crippen molar-refractivity contribution in [1.82, 2.24) is 20.2 Å². The lowest BCUT2D eigenvalue weighted by Crippen LogP contribution is -2.50. The molecule has 1 fully saturated rings. The number of carbonyl (C=O) groups excluding carboxylic acids is 1. The third kappa shape index (κ3) is 3.15. The van der Waals surface area contributed by atoms with Gasteiger partial charge in [-0.1, -0.05) is 6.92 Å². The molecule has 1 aromatic rings. The molecule has 0 bridgehead atoms. The first-order valence-corrected chi connectivity index (χ1v) is 7.13. The number of nitrogens with zero attached hydrogens (tertiary/aromatic N) is 2. The van der Waals surface area contributed by atoms with E-state index in [4.69, 9.17) is 0 Å². The Morgan fingerprint density at radius 1 is 1.63 bits per heavy atom. The summed E-state index contributed by atoms with van der Waals surface area (Å²) in [7, 11) is 1.97. The molecule has 1 atom stereocenters. The Morgan fingerprint density at radius 3 is 3.05 bits per heavy atom. The number of rotatable bonds is 5. The number of hydrogen-bond donors (Lipinski definition) is 2. The summed E-state index contributed by atoms with van der Waals surface area (Å²) in [6, 6.07) is 0. The molecule has 0 radical (unpaired) electrons. The quantitative estimate of drug-likeness (QED) is 0.829. The molecular weight excluding hydrogens is 240 g/mol. The van der Waals surface area contributed by atoms with Crippen molar-refractivity contribution in [1.29, 1.82) is 0 Å². The van der Waals surface area contributed by atoms with Crippen molar-refractivity contribution in [2.24, 2.45) is 12.5 Å². The molecule has 1 aromatic heterocycles. The summed E-state index contributed by atoms with van der Waals surface area (Å²) < 4.78 is 1.99. The zero-order valence-corrected chi connectivity index (χ0v) is 11.9. The van der Waals surface area contributed by atoms with Gasteiger partial charge in [0.2, 0.25) is 5.91 Å². The summed E-state index contributed by atoms with van der Waals surface area (Å²) in [5.74, 6) is 1.20. The zero-order chi connectivity index (χ0) is 13.7. The van der Waals surface area contributed by atoms with E-state index in [0.717, 1.165) is 44.6 Å². The largest absolute Gasteiger partial charge is 0.355 e. The Kier molecular flexibility index (Phi) is 4.58. The summed E-state index contributed by atoms with van der Waals surface area (Å²) in [4.78, 5) is 16.6. The van der Waals surface area contributed by atoms with Crippen LogP contribution < -0.4 is 10.6 Å². The standard InChI is InChI=1S/C14H24N4O/c1-3-14(6-4-7-15-11-14)13(19)17-8-5-12-16-9-10-18(12)2/h9-10,15H,3-8,11H2,1-2H3,(H,17,19). The number of hydrogen-bond acceptors (Lipinski definition) is 3. The first kappa shape index (κ1) is 14.1. The number of imidazole rings is 1. The maximum absolute atomic E-state index is 12.4. The van der Waals surface area contributed by atoms with Gasteiger partial charge < -0.3 is 15.2 Å². The zero-order valence-electron chi connectivity index (χ0n) is 11.9. The monoisotopic (exact) mass is 264 g/mol. The van der Waals surface area contributed by atoms with Gasteiger partial charge in [0.25, 0.3) is 0 Å². The van der Waals surface area contributed by atoms with Crippen LogP contribution in [0.2, 0.25) is 0 Å². The number of piperidine rings is 1. The van der Waals surface area contributed by atoms with Gasteiger partial charge in [0.05, 0.1) is 5.41 Å². The van der Waals surface area contributed by atoms with Gasteiger partial charge in [0, 0.05) is 39.0 Å². The molecular formula is C14H24N4O. The van der Waals surface area contributed by atoms with Gasteiger partial charge in [0.15, 0.2) is 0 Å². The first-order valence-electron chi connectivity index (χ1n) is 7.13. The van der Waals surface area contributed by atoms with Crippen molar-refractivity contribution < 1.29 is 4.79 Å². The number of amides is 1. The van der Waals surface area contributed by atoms with Crippen molar-refractivity contribution >= 4 is 5.91 Å². The van der Waals surface area contributed by atoms with Crippen molar-refractivity contribution in [2.45, 2.75) is 32.6 Å². The molecule has 1 amide bonds. The Balaban J connectivity index is 1.84. The van der Waals surface area contributed by atoms with Crippen molar-refractivity contribution in [2.75, 3.05) is 19.6 Å². The minimum Gasteiger partial charge on any atom is -0.355 e. The van der Waals surface area contributed by atoms with Crippen LogP contribution in [0.15, 0.2) is 12.4 Å². The molecule has 5 nitrogen and oxygen atoms in total. The van der Waals surface area contributed by atoms with E-state index in [1.54, 1.807) is 6.20 Å². The number of carbonyl (C=O) groups is 1. The maximum Gasteiger partial charge on any atom is 0.227 e. The second-order valence-electron chi connectivity index (χ2n) is 5.37. The highest BCUT2D eigenvalue weighted by molar-refractivity contribution is 5.83. The van der Waals surface area contributed by atoms with E-state index in [1.807, 2.05) is 17.8 Å². The fourth-order valence-corrected chi connectivity index (χ4v) is 2.74. The smallest absolute Gasteiger partial charge is 0.227 e. The summed E-state index contributed by atoms with van der Waals surface area (Å²) in [5.41, 5.74) is -0.208. The SMILES string of the molecule is CCC1(C(=O)NCCc2nccn2C)CCCNC1. The van der Waals surface area contributed by atoms with Crippen LogP contribution in [-0.4, -0.2) is 35.1 Å². The minimum absolute atomic E-state index is 0.191. The molecule has 1 aliphatic heterocycles. The van der Waals surface area contributed by atoms with E-state index >= 15 is 0 Å². The normalized spacial score (nSPS) is 23.3. The molecule has 0 aromatic carbocycles. The summed E-state index contributed by atoms with van der Waals surface area (Å²) in [6.07, 6.45) is 7.47. The topological polar surface area (TPSA) is 59.0 Å². The van der Waals surface area contributed by atoms with Gasteiger partial charge in [-0.3, -0.25) is 4.79 Å². The molecule has 0 aliphatic carbocycles. The molecule has 5 heteroatoms. The lowest BCUT2D eigenvalue weighted by atomic mass is 9.77. The number of nitrogens with one attached hydrogen (secondary N) is 2. The van der Waals surface area contributed by atoms with Crippen LogP contribution in [0.1, 0.15) is 32.0 Å². The van der Waals surface area contributed by atoms with Gasteiger partial charge in [0.1, 0.15) is 5.82 Å². The molecule has 2 heterocycles. The minimum atomic E-state index is -0.208. The second-order valence-corrected chi connectivity index (χ2v) is 5.37. The molecule has 1 aliphatic rings. The molecule has 19 heavy (non-hydrogen) atoms. The lowest BCUT2D eigenvalue weighted by Gasteiger charge is -2.35. The van der Waals surface area contributed by atoms with E-state index < -0.39 is 0 Å². The predicted octanol–water partition coefficient (Wildman–Crippen LogP) is 0.859. The average Bonchev–Trinajstić information content (AvgIpc) is 2.85. The van der Waals surface area contributed by atoms with Crippen molar-refractivity contribution in [3.63, 3.8) is 0 Å². The van der Waals surface area contributed by atoms with Crippen molar-refractivity contribution in [3.8, 4) is 0 Å². The van der Waals surface area contributed by atoms with Crippen LogP contribution in [0.25, 0.3) is 0 Å². The highest BCUT2D eigenvalue weighted by Crippen LogP contribution is 2.30. The van der Waals surface area contributed by atoms with Crippen LogP contribution in [0.4, 0.5) is 0 Å². The molecule has 1 saturated heterocycles. The fourth-order valence-electron chi connectivity index (χ4n) is 2.74. The third-order valence-electron chi connectivity index (χ3n) is 4.19. The van der Waals surface area contributed by atoms with Gasteiger partial charge in [-0.05, 0) is 25.8 Å². The number of aryl methyl sites for hydroxylation is 1. The molecule has 1 unspecified atom stereocenters. The van der Waals surface area contributed by atoms with Crippen LogP contribution in [-0.2, 0) is 18.3 Å². The van der Waals surface area contributed by atoms with E-state index in [9.17, 15) is 4.79 Å². The van der Waals surface area contributed by atoms with E-state index in [2.05, 4.69) is 22.5 Å². The van der Waals surface area contributed by atoms with Gasteiger partial charge in [-0.15, -0.1) is 0 Å². The van der Waals surface area contributed by atoms with Gasteiger partial charge >= 0.3 is 0 Å². The fraction of sp³-hybridized carbons (Fsp3) is 0.714. The average molecular weight is 264 g/mol. The Hall–Kier alpha value is -1.36. The molecule has 106 valence electrons. The lowest BCUT2D eigenvalue weighted by molar-refractivity contribution is -0.132. The summed E-state index contributed by atoms with van der Waals surface area (Å²) in [5, 5.41) is 6.42. The van der Waals surface area contributed by atoms with Gasteiger partial charge in [-0.2, -0.15) is 0 Å². The molecule has 2 N–H and O–H groups in total. The Labute approximate surface area is 114 Å². The predicted molar refractivity (Wildman–Crippen MR) is 74.7 cm³/mol. The molecule has 0 saturated carbocycles. The third-order valence-corrected chi connectivity index (χ3v) is 4.19. The van der Waals surface area contributed by atoms with E-state index in [1.165, 1.54) is 0 Å². The van der Waals surface area contributed by atoms with Crippen LogP contribution >= 0.6 is 0 Å². The first-order chi connectivity index (χ1) is 9.18. The summed E-state index contributed by atoms with van der Waals surface area (Å²) >= 11 is 0. The van der Waals surface area contributed by atoms with Crippen LogP contribution in [0.3, 0.4) is 0 Å². The van der Waals surface area contributed by atoms with E-state index in [-0.39, 0.29) is 11.3 Å². The Morgan fingerprint density at radius 2 is 2.47 bits per heavy atom. The van der Waals surface area contributed by atoms with E-state index in [0.29, 0.717) is 6.54 Å². The molecule has 0 spiro atoms. The maximum atomic E-state index is 12.4.